The van der Waals surface area contributed by atoms with Crippen LogP contribution >= 0.6 is 0 Å². The fourth-order valence-corrected chi connectivity index (χ4v) is 2.11. The Bertz CT molecular complexity index is 772. The second-order valence-electron chi connectivity index (χ2n) is 5.21. The van der Waals surface area contributed by atoms with Crippen molar-refractivity contribution in [2.75, 3.05) is 13.2 Å². The van der Waals surface area contributed by atoms with Gasteiger partial charge in [0.15, 0.2) is 0 Å². The summed E-state index contributed by atoms with van der Waals surface area (Å²) in [6.07, 6.45) is 3.08. The van der Waals surface area contributed by atoms with Crippen molar-refractivity contribution in [2.24, 2.45) is 0 Å². The highest BCUT2D eigenvalue weighted by molar-refractivity contribution is 6.03. The van der Waals surface area contributed by atoms with Crippen molar-refractivity contribution in [3.8, 4) is 11.4 Å². The van der Waals surface area contributed by atoms with Crippen LogP contribution in [0.2, 0.25) is 0 Å². The Balaban J connectivity index is 2.52. The summed E-state index contributed by atoms with van der Waals surface area (Å²) in [6.45, 7) is 7.76. The molecule has 0 atom stereocenters. The molecule has 0 saturated heterocycles. The van der Waals surface area contributed by atoms with Crippen LogP contribution < -0.4 is 0 Å². The molecule has 0 saturated carbocycles. The molecule has 0 amide bonds. The van der Waals surface area contributed by atoms with Gasteiger partial charge in [-0.05, 0) is 51.0 Å². The summed E-state index contributed by atoms with van der Waals surface area (Å²) in [5, 5.41) is 0. The summed E-state index contributed by atoms with van der Waals surface area (Å²) in [4.78, 5) is 32.8. The first-order valence-electron chi connectivity index (χ1n) is 7.75. The van der Waals surface area contributed by atoms with Crippen molar-refractivity contribution in [1.29, 1.82) is 0 Å². The van der Waals surface area contributed by atoms with Crippen LogP contribution in [0.5, 0.6) is 0 Å². The van der Waals surface area contributed by atoms with Gasteiger partial charge in [-0.2, -0.15) is 0 Å². The van der Waals surface area contributed by atoms with Gasteiger partial charge >= 0.3 is 11.9 Å². The molecule has 2 rings (SSSR count). The van der Waals surface area contributed by atoms with Gasteiger partial charge in [-0.1, -0.05) is 0 Å². The average molecular weight is 328 g/mol. The van der Waals surface area contributed by atoms with Gasteiger partial charge in [0.2, 0.25) is 0 Å². The first-order valence-corrected chi connectivity index (χ1v) is 7.75. The lowest BCUT2D eigenvalue weighted by Gasteiger charge is -2.10. The first-order chi connectivity index (χ1) is 11.5. The lowest BCUT2D eigenvalue weighted by Crippen LogP contribution is -2.15. The molecule has 0 aliphatic rings. The monoisotopic (exact) mass is 328 g/mol. The SMILES string of the molecule is CCOC(=O)c1cnc(-c2cc(C)c(C)cn2)cc1C(=O)OCC. The summed E-state index contributed by atoms with van der Waals surface area (Å²) < 4.78 is 10.0. The number of carbonyl (C=O) groups excluding carboxylic acids is 2. The molecule has 0 fully saturated rings. The Kier molecular flexibility index (Phi) is 5.63. The van der Waals surface area contributed by atoms with E-state index in [9.17, 15) is 9.59 Å². The van der Waals surface area contributed by atoms with E-state index < -0.39 is 11.9 Å². The fraction of sp³-hybridized carbons (Fsp3) is 0.333. The van der Waals surface area contributed by atoms with E-state index in [1.165, 1.54) is 12.3 Å². The summed E-state index contributed by atoms with van der Waals surface area (Å²) in [5.41, 5.74) is 3.46. The molecule has 126 valence electrons. The normalized spacial score (nSPS) is 10.3. The van der Waals surface area contributed by atoms with Crippen molar-refractivity contribution in [3.63, 3.8) is 0 Å². The predicted octanol–water partition coefficient (Wildman–Crippen LogP) is 3.11. The van der Waals surface area contributed by atoms with Gasteiger partial charge in [-0.15, -0.1) is 0 Å². The molecule has 0 bridgehead atoms. The quantitative estimate of drug-likeness (QED) is 0.785. The highest BCUT2D eigenvalue weighted by atomic mass is 16.5. The van der Waals surface area contributed by atoms with E-state index in [-0.39, 0.29) is 24.3 Å². The number of nitrogens with zero attached hydrogens (tertiary/aromatic N) is 2. The first kappa shape index (κ1) is 17.6. The van der Waals surface area contributed by atoms with Gasteiger partial charge in [-0.25, -0.2) is 9.59 Å². The predicted molar refractivity (Wildman–Crippen MR) is 88.9 cm³/mol. The summed E-state index contributed by atoms with van der Waals surface area (Å²) >= 11 is 0. The molecule has 0 aromatic carbocycles. The maximum absolute atomic E-state index is 12.2. The number of rotatable bonds is 5. The third kappa shape index (κ3) is 3.76. The van der Waals surface area contributed by atoms with Crippen LogP contribution in [0.1, 0.15) is 45.7 Å². The zero-order valence-corrected chi connectivity index (χ0v) is 14.3. The number of ether oxygens (including phenoxy) is 2. The highest BCUT2D eigenvalue weighted by Gasteiger charge is 2.21. The molecule has 0 N–H and O–H groups in total. The maximum atomic E-state index is 12.2. The summed E-state index contributed by atoms with van der Waals surface area (Å²) in [7, 11) is 0. The van der Waals surface area contributed by atoms with E-state index in [4.69, 9.17) is 9.47 Å². The number of pyridine rings is 2. The van der Waals surface area contributed by atoms with Crippen molar-refractivity contribution in [1.82, 2.24) is 9.97 Å². The van der Waals surface area contributed by atoms with Gasteiger partial charge in [0.05, 0.1) is 35.7 Å². The molecular weight excluding hydrogens is 308 g/mol. The third-order valence-corrected chi connectivity index (χ3v) is 3.53. The standard InChI is InChI=1S/C18H20N2O4/c1-5-23-17(21)13-8-16(15-7-11(3)12(4)9-19-15)20-10-14(13)18(22)24-6-2/h7-10H,5-6H2,1-4H3. The Morgan fingerprint density at radius 3 is 1.96 bits per heavy atom. The van der Waals surface area contributed by atoms with Crippen LogP contribution in [-0.2, 0) is 9.47 Å². The molecule has 6 nitrogen and oxygen atoms in total. The minimum atomic E-state index is -0.604. The molecule has 0 aliphatic carbocycles. The number of hydrogen-bond donors (Lipinski definition) is 0. The van der Waals surface area contributed by atoms with E-state index in [1.54, 1.807) is 20.0 Å². The van der Waals surface area contributed by atoms with Gasteiger partial charge in [0.25, 0.3) is 0 Å². The van der Waals surface area contributed by atoms with Crippen LogP contribution in [-0.4, -0.2) is 35.1 Å². The fourth-order valence-electron chi connectivity index (χ4n) is 2.11. The smallest absolute Gasteiger partial charge is 0.340 e. The zero-order valence-electron chi connectivity index (χ0n) is 14.3. The van der Waals surface area contributed by atoms with E-state index in [0.717, 1.165) is 11.1 Å². The lowest BCUT2D eigenvalue weighted by atomic mass is 10.1. The van der Waals surface area contributed by atoms with Crippen molar-refractivity contribution in [3.05, 3.63) is 46.8 Å². The Morgan fingerprint density at radius 2 is 1.38 bits per heavy atom. The van der Waals surface area contributed by atoms with Gasteiger partial charge in [0.1, 0.15) is 0 Å². The molecule has 2 heterocycles. The number of esters is 2. The minimum Gasteiger partial charge on any atom is -0.462 e. The molecule has 0 radical (unpaired) electrons. The second-order valence-corrected chi connectivity index (χ2v) is 5.21. The topological polar surface area (TPSA) is 78.4 Å². The van der Waals surface area contributed by atoms with Gasteiger partial charge in [-0.3, -0.25) is 9.97 Å². The number of aromatic nitrogens is 2. The maximum Gasteiger partial charge on any atom is 0.340 e. The van der Waals surface area contributed by atoms with Crippen LogP contribution in [0.4, 0.5) is 0 Å². The lowest BCUT2D eigenvalue weighted by molar-refractivity contribution is 0.0478. The van der Waals surface area contributed by atoms with E-state index in [1.807, 2.05) is 19.9 Å². The second kappa shape index (κ2) is 7.68. The Morgan fingerprint density at radius 1 is 0.833 bits per heavy atom. The van der Waals surface area contributed by atoms with Crippen LogP contribution in [0.15, 0.2) is 24.5 Å². The third-order valence-electron chi connectivity index (χ3n) is 3.53. The number of carbonyl (C=O) groups is 2. The molecule has 0 aliphatic heterocycles. The van der Waals surface area contributed by atoms with Gasteiger partial charge in [0, 0.05) is 12.4 Å². The van der Waals surface area contributed by atoms with Crippen molar-refractivity contribution in [2.45, 2.75) is 27.7 Å². The zero-order chi connectivity index (χ0) is 17.7. The van der Waals surface area contributed by atoms with E-state index in [0.29, 0.717) is 11.4 Å². The van der Waals surface area contributed by atoms with E-state index >= 15 is 0 Å². The molecule has 6 heteroatoms. The highest BCUT2D eigenvalue weighted by Crippen LogP contribution is 2.21. The summed E-state index contributed by atoms with van der Waals surface area (Å²) in [6, 6.07) is 3.40. The van der Waals surface area contributed by atoms with Gasteiger partial charge < -0.3 is 9.47 Å². The van der Waals surface area contributed by atoms with E-state index in [2.05, 4.69) is 9.97 Å². The molecule has 0 unspecified atom stereocenters. The Hall–Kier alpha value is -2.76. The van der Waals surface area contributed by atoms with Crippen LogP contribution in [0.25, 0.3) is 11.4 Å². The molecule has 24 heavy (non-hydrogen) atoms. The summed E-state index contributed by atoms with van der Waals surface area (Å²) in [5.74, 6) is -1.19. The number of hydrogen-bond acceptors (Lipinski definition) is 6. The minimum absolute atomic E-state index is 0.0860. The van der Waals surface area contributed by atoms with Crippen molar-refractivity contribution < 1.29 is 19.1 Å². The van der Waals surface area contributed by atoms with Crippen LogP contribution in [0.3, 0.4) is 0 Å². The molecular formula is C18H20N2O4. The molecule has 0 spiro atoms. The van der Waals surface area contributed by atoms with Crippen LogP contribution in [0, 0.1) is 13.8 Å². The van der Waals surface area contributed by atoms with Crippen molar-refractivity contribution >= 4 is 11.9 Å². The molecule has 2 aromatic rings. The largest absolute Gasteiger partial charge is 0.462 e. The average Bonchev–Trinajstić information content (AvgIpc) is 2.57. The number of aryl methyl sites for hydroxylation is 2. The molecule has 2 aromatic heterocycles. The Labute approximate surface area is 140 Å².